The molecule has 0 unspecified atom stereocenters. The van der Waals surface area contributed by atoms with Gasteiger partial charge in [0.2, 0.25) is 5.78 Å². The number of aromatic nitrogens is 3. The highest BCUT2D eigenvalue weighted by Crippen LogP contribution is 2.29. The van der Waals surface area contributed by atoms with Crippen LogP contribution in [0.1, 0.15) is 28.0 Å². The number of aryl methyl sites for hydroxylation is 1. The van der Waals surface area contributed by atoms with Gasteiger partial charge in [-0.3, -0.25) is 4.79 Å². The largest absolute Gasteiger partial charge is 0.416 e. The van der Waals surface area contributed by atoms with Crippen LogP contribution >= 0.6 is 0 Å². The van der Waals surface area contributed by atoms with Gasteiger partial charge in [-0.05, 0) is 18.6 Å². The summed E-state index contributed by atoms with van der Waals surface area (Å²) in [7, 11) is 0. The Bertz CT molecular complexity index is 676. The van der Waals surface area contributed by atoms with Crippen LogP contribution in [-0.2, 0) is 12.7 Å². The molecule has 0 bridgehead atoms. The van der Waals surface area contributed by atoms with Gasteiger partial charge >= 0.3 is 6.18 Å². The zero-order chi connectivity index (χ0) is 15.0. The SMILES string of the molecule is O=C(c1ccc(C(F)(F)F)cc1)c1nnn2c1NCCC2. The smallest absolute Gasteiger partial charge is 0.368 e. The van der Waals surface area contributed by atoms with Crippen molar-refractivity contribution >= 4 is 11.6 Å². The van der Waals surface area contributed by atoms with E-state index in [2.05, 4.69) is 15.6 Å². The minimum absolute atomic E-state index is 0.134. The number of hydrogen-bond donors (Lipinski definition) is 1. The highest BCUT2D eigenvalue weighted by Gasteiger charge is 2.30. The molecule has 1 N–H and O–H groups in total. The molecule has 0 radical (unpaired) electrons. The van der Waals surface area contributed by atoms with E-state index < -0.39 is 17.5 Å². The van der Waals surface area contributed by atoms with Gasteiger partial charge in [0.15, 0.2) is 11.5 Å². The molecule has 1 aromatic heterocycles. The maximum atomic E-state index is 12.5. The number of halogens is 3. The van der Waals surface area contributed by atoms with Gasteiger partial charge in [0.05, 0.1) is 5.56 Å². The number of fused-ring (bicyclic) bond motifs is 1. The molecule has 0 spiro atoms. The highest BCUT2D eigenvalue weighted by atomic mass is 19.4. The number of benzene rings is 1. The van der Waals surface area contributed by atoms with Crippen LogP contribution in [-0.4, -0.2) is 27.3 Å². The first-order valence-corrected chi connectivity index (χ1v) is 6.36. The lowest BCUT2D eigenvalue weighted by atomic mass is 10.1. The molecule has 5 nitrogen and oxygen atoms in total. The third-order valence-corrected chi connectivity index (χ3v) is 3.26. The second-order valence-electron chi connectivity index (χ2n) is 4.69. The molecule has 21 heavy (non-hydrogen) atoms. The fraction of sp³-hybridized carbons (Fsp3) is 0.308. The Balaban J connectivity index is 1.90. The van der Waals surface area contributed by atoms with Gasteiger partial charge in [-0.2, -0.15) is 13.2 Å². The first-order chi connectivity index (χ1) is 9.97. The molecule has 0 fully saturated rings. The molecule has 8 heteroatoms. The molecule has 0 saturated carbocycles. The van der Waals surface area contributed by atoms with Crippen LogP contribution in [0.4, 0.5) is 19.0 Å². The van der Waals surface area contributed by atoms with E-state index in [0.29, 0.717) is 18.9 Å². The van der Waals surface area contributed by atoms with Gasteiger partial charge in [-0.1, -0.05) is 17.3 Å². The maximum Gasteiger partial charge on any atom is 0.416 e. The fourth-order valence-electron chi connectivity index (χ4n) is 2.18. The minimum Gasteiger partial charge on any atom is -0.368 e. The third kappa shape index (κ3) is 2.48. The van der Waals surface area contributed by atoms with Crippen molar-refractivity contribution < 1.29 is 18.0 Å². The summed E-state index contributed by atoms with van der Waals surface area (Å²) in [6, 6.07) is 4.08. The van der Waals surface area contributed by atoms with Gasteiger partial charge < -0.3 is 5.32 Å². The number of nitrogens with one attached hydrogen (secondary N) is 1. The van der Waals surface area contributed by atoms with Gasteiger partial charge in [0, 0.05) is 18.7 Å². The summed E-state index contributed by atoms with van der Waals surface area (Å²) in [5, 5.41) is 10.7. The number of rotatable bonds is 2. The Hall–Kier alpha value is -2.38. The number of hydrogen-bond acceptors (Lipinski definition) is 4. The van der Waals surface area contributed by atoms with Crippen molar-refractivity contribution in [1.29, 1.82) is 0 Å². The molecule has 0 atom stereocenters. The van der Waals surface area contributed by atoms with Crippen molar-refractivity contribution in [2.24, 2.45) is 0 Å². The van der Waals surface area contributed by atoms with Crippen LogP contribution in [0.25, 0.3) is 0 Å². The summed E-state index contributed by atoms with van der Waals surface area (Å²) >= 11 is 0. The summed E-state index contributed by atoms with van der Waals surface area (Å²) in [6.07, 6.45) is -3.54. The average molecular weight is 296 g/mol. The molecule has 110 valence electrons. The Morgan fingerprint density at radius 1 is 1.24 bits per heavy atom. The number of carbonyl (C=O) groups is 1. The van der Waals surface area contributed by atoms with Crippen LogP contribution in [0.15, 0.2) is 24.3 Å². The number of nitrogens with zero attached hydrogens (tertiary/aromatic N) is 3. The van der Waals surface area contributed by atoms with Gasteiger partial charge in [-0.25, -0.2) is 4.68 Å². The molecule has 1 aromatic carbocycles. The molecule has 2 aromatic rings. The second-order valence-corrected chi connectivity index (χ2v) is 4.69. The topological polar surface area (TPSA) is 59.8 Å². The summed E-state index contributed by atoms with van der Waals surface area (Å²) in [5.41, 5.74) is -0.504. The van der Waals surface area contributed by atoms with Gasteiger partial charge in [-0.15, -0.1) is 5.10 Å². The van der Waals surface area contributed by atoms with E-state index >= 15 is 0 Å². The molecule has 3 rings (SSSR count). The first-order valence-electron chi connectivity index (χ1n) is 6.36. The van der Waals surface area contributed by atoms with Crippen LogP contribution in [0.3, 0.4) is 0 Å². The van der Waals surface area contributed by atoms with Crippen LogP contribution in [0, 0.1) is 0 Å². The average Bonchev–Trinajstić information content (AvgIpc) is 2.90. The van der Waals surface area contributed by atoms with E-state index in [1.54, 1.807) is 4.68 Å². The van der Waals surface area contributed by atoms with Crippen molar-refractivity contribution in [1.82, 2.24) is 15.0 Å². The van der Waals surface area contributed by atoms with Crippen molar-refractivity contribution in [3.63, 3.8) is 0 Å². The molecular formula is C13H11F3N4O. The van der Waals surface area contributed by atoms with E-state index in [4.69, 9.17) is 0 Å². The molecule has 1 aliphatic rings. The van der Waals surface area contributed by atoms with Gasteiger partial charge in [0.25, 0.3) is 0 Å². The predicted molar refractivity (Wildman–Crippen MR) is 68.0 cm³/mol. The zero-order valence-corrected chi connectivity index (χ0v) is 10.8. The molecule has 2 heterocycles. The standard InChI is InChI=1S/C13H11F3N4O/c14-13(15,16)9-4-2-8(3-5-9)11(21)10-12-17-6-1-7-20(12)19-18-10/h2-5,17H,1,6-7H2. The molecular weight excluding hydrogens is 285 g/mol. The van der Waals surface area contributed by atoms with Crippen molar-refractivity contribution in [3.8, 4) is 0 Å². The number of carbonyl (C=O) groups excluding carboxylic acids is 1. The summed E-state index contributed by atoms with van der Waals surface area (Å²) in [5.74, 6) is 0.0746. The Kier molecular flexibility index (Phi) is 3.15. The van der Waals surface area contributed by atoms with Crippen molar-refractivity contribution in [3.05, 3.63) is 41.1 Å². The predicted octanol–water partition coefficient (Wildman–Crippen LogP) is 2.34. The van der Waals surface area contributed by atoms with Crippen LogP contribution in [0.5, 0.6) is 0 Å². The number of ketones is 1. The lowest BCUT2D eigenvalue weighted by molar-refractivity contribution is -0.137. The lowest BCUT2D eigenvalue weighted by Gasteiger charge is -2.15. The lowest BCUT2D eigenvalue weighted by Crippen LogP contribution is -2.19. The van der Waals surface area contributed by atoms with Crippen molar-refractivity contribution in [2.75, 3.05) is 11.9 Å². The second kappa shape index (κ2) is 4.87. The first kappa shape index (κ1) is 13.6. The van der Waals surface area contributed by atoms with E-state index in [0.717, 1.165) is 30.7 Å². The van der Waals surface area contributed by atoms with Crippen LogP contribution < -0.4 is 5.32 Å². The normalized spacial score (nSPS) is 14.4. The Labute approximate surface area is 117 Å². The molecule has 1 aliphatic heterocycles. The van der Waals surface area contributed by atoms with E-state index in [-0.39, 0.29) is 11.3 Å². The molecule has 0 saturated heterocycles. The molecule has 0 amide bonds. The van der Waals surface area contributed by atoms with Crippen molar-refractivity contribution in [2.45, 2.75) is 19.1 Å². The Morgan fingerprint density at radius 3 is 2.62 bits per heavy atom. The number of anilines is 1. The summed E-state index contributed by atoms with van der Waals surface area (Å²) in [4.78, 5) is 12.3. The van der Waals surface area contributed by atoms with Gasteiger partial charge in [0.1, 0.15) is 0 Å². The monoisotopic (exact) mass is 296 g/mol. The zero-order valence-electron chi connectivity index (χ0n) is 10.8. The Morgan fingerprint density at radius 2 is 1.95 bits per heavy atom. The highest BCUT2D eigenvalue weighted by molar-refractivity contribution is 6.10. The molecule has 0 aliphatic carbocycles. The third-order valence-electron chi connectivity index (χ3n) is 3.26. The quantitative estimate of drug-likeness (QED) is 0.864. The maximum absolute atomic E-state index is 12.5. The number of alkyl halides is 3. The fourth-order valence-corrected chi connectivity index (χ4v) is 2.18. The summed E-state index contributed by atoms with van der Waals surface area (Å²) < 4.78 is 39.1. The van der Waals surface area contributed by atoms with E-state index in [9.17, 15) is 18.0 Å². The minimum atomic E-state index is -4.42. The summed E-state index contributed by atoms with van der Waals surface area (Å²) in [6.45, 7) is 1.37. The van der Waals surface area contributed by atoms with E-state index in [1.807, 2.05) is 0 Å². The van der Waals surface area contributed by atoms with E-state index in [1.165, 1.54) is 0 Å². The van der Waals surface area contributed by atoms with Crippen LogP contribution in [0.2, 0.25) is 0 Å².